The molecule has 0 aromatic heterocycles. The maximum Gasteiger partial charge on any atom is 0.326 e. The van der Waals surface area contributed by atoms with Gasteiger partial charge in [-0.05, 0) is 12.3 Å². The number of aliphatic carboxylic acids is 2. The number of carbonyl (C=O) groups is 3. The monoisotopic (exact) mass is 244 g/mol. The van der Waals surface area contributed by atoms with Gasteiger partial charge < -0.3 is 20.8 Å². The van der Waals surface area contributed by atoms with E-state index in [4.69, 9.17) is 15.9 Å². The number of carboxylic acids is 2. The Bertz CT molecular complexity index is 344. The zero-order valence-electron chi connectivity index (χ0n) is 9.50. The molecule has 1 aliphatic heterocycles. The summed E-state index contributed by atoms with van der Waals surface area (Å²) in [5.74, 6) is -3.01. The molecule has 1 rings (SSSR count). The molecule has 0 aromatic carbocycles. The molecule has 0 aliphatic carbocycles. The molecule has 3 unspecified atom stereocenters. The maximum atomic E-state index is 11.8. The molecule has 7 heteroatoms. The number of nitrogens with zero attached hydrogens (tertiary/aromatic N) is 1. The lowest BCUT2D eigenvalue weighted by atomic mass is 10.0. The van der Waals surface area contributed by atoms with Crippen molar-refractivity contribution in [2.24, 2.45) is 11.7 Å². The molecule has 4 N–H and O–H groups in total. The molecule has 96 valence electrons. The highest BCUT2D eigenvalue weighted by Crippen LogP contribution is 2.24. The minimum Gasteiger partial charge on any atom is -0.481 e. The third-order valence-electron chi connectivity index (χ3n) is 2.95. The third kappa shape index (κ3) is 2.94. The van der Waals surface area contributed by atoms with Crippen molar-refractivity contribution in [1.29, 1.82) is 0 Å². The van der Waals surface area contributed by atoms with Gasteiger partial charge in [0.2, 0.25) is 5.91 Å². The number of hydrogen-bond acceptors (Lipinski definition) is 4. The van der Waals surface area contributed by atoms with Crippen LogP contribution in [0.2, 0.25) is 0 Å². The van der Waals surface area contributed by atoms with E-state index in [1.807, 2.05) is 0 Å². The van der Waals surface area contributed by atoms with Crippen LogP contribution in [0.5, 0.6) is 0 Å². The van der Waals surface area contributed by atoms with E-state index in [-0.39, 0.29) is 5.92 Å². The molecule has 1 saturated heterocycles. The summed E-state index contributed by atoms with van der Waals surface area (Å²) in [4.78, 5) is 34.4. The second kappa shape index (κ2) is 5.13. The van der Waals surface area contributed by atoms with Crippen LogP contribution in [-0.2, 0) is 14.4 Å². The summed E-state index contributed by atoms with van der Waals surface area (Å²) in [7, 11) is 0. The zero-order chi connectivity index (χ0) is 13.2. The van der Waals surface area contributed by atoms with Crippen LogP contribution >= 0.6 is 0 Å². The molecule has 0 spiro atoms. The Morgan fingerprint density at radius 1 is 1.41 bits per heavy atom. The highest BCUT2D eigenvalue weighted by atomic mass is 16.4. The van der Waals surface area contributed by atoms with Gasteiger partial charge >= 0.3 is 11.9 Å². The number of hydrogen-bond donors (Lipinski definition) is 3. The van der Waals surface area contributed by atoms with Gasteiger partial charge in [0, 0.05) is 6.54 Å². The molecule has 0 bridgehead atoms. The quantitative estimate of drug-likeness (QED) is 0.590. The number of carboxylic acid groups (broad SMARTS) is 2. The summed E-state index contributed by atoms with van der Waals surface area (Å²) in [5.41, 5.74) is 5.44. The number of carbonyl (C=O) groups excluding carboxylic acids is 1. The van der Waals surface area contributed by atoms with Crippen LogP contribution in [0.25, 0.3) is 0 Å². The Kier molecular flexibility index (Phi) is 4.06. The molecule has 1 fully saturated rings. The first-order valence-electron chi connectivity index (χ1n) is 5.35. The molecule has 1 amide bonds. The fraction of sp³-hybridized carbons (Fsp3) is 0.700. The molecule has 1 aliphatic rings. The molecule has 1 heterocycles. The summed E-state index contributed by atoms with van der Waals surface area (Å²) in [6.45, 7) is 2.05. The van der Waals surface area contributed by atoms with Gasteiger partial charge in [-0.1, -0.05) is 6.92 Å². The van der Waals surface area contributed by atoms with Crippen LogP contribution < -0.4 is 5.73 Å². The summed E-state index contributed by atoms with van der Waals surface area (Å²) in [6, 6.07) is -2.08. The summed E-state index contributed by atoms with van der Waals surface area (Å²) < 4.78 is 0. The van der Waals surface area contributed by atoms with Crippen LogP contribution in [0, 0.1) is 5.92 Å². The first-order chi connectivity index (χ1) is 7.84. The van der Waals surface area contributed by atoms with E-state index in [0.29, 0.717) is 13.0 Å². The normalized spacial score (nSPS) is 25.6. The Hall–Kier alpha value is -1.63. The first-order valence-corrected chi connectivity index (χ1v) is 5.35. The topological polar surface area (TPSA) is 121 Å². The van der Waals surface area contributed by atoms with Crippen molar-refractivity contribution < 1.29 is 24.6 Å². The first kappa shape index (κ1) is 13.4. The number of amides is 1. The van der Waals surface area contributed by atoms with E-state index in [0.717, 1.165) is 0 Å². The fourth-order valence-electron chi connectivity index (χ4n) is 2.06. The third-order valence-corrected chi connectivity index (χ3v) is 2.95. The summed E-state index contributed by atoms with van der Waals surface area (Å²) >= 11 is 0. The second-order valence-corrected chi connectivity index (χ2v) is 4.29. The second-order valence-electron chi connectivity index (χ2n) is 4.29. The molecule has 17 heavy (non-hydrogen) atoms. The molecule has 0 aromatic rings. The summed E-state index contributed by atoms with van der Waals surface area (Å²) in [5, 5.41) is 17.6. The van der Waals surface area contributed by atoms with Gasteiger partial charge in [0.15, 0.2) is 0 Å². The van der Waals surface area contributed by atoms with Gasteiger partial charge in [0.25, 0.3) is 0 Å². The molecule has 7 nitrogen and oxygen atoms in total. The Balaban J connectivity index is 2.75. The average molecular weight is 244 g/mol. The summed E-state index contributed by atoms with van der Waals surface area (Å²) in [6.07, 6.45) is 0.0958. The van der Waals surface area contributed by atoms with Gasteiger partial charge in [-0.15, -0.1) is 0 Å². The lowest BCUT2D eigenvalue weighted by Gasteiger charge is -2.25. The largest absolute Gasteiger partial charge is 0.481 e. The van der Waals surface area contributed by atoms with Gasteiger partial charge in [0.05, 0.1) is 12.5 Å². The van der Waals surface area contributed by atoms with Crippen LogP contribution in [0.1, 0.15) is 19.8 Å². The van der Waals surface area contributed by atoms with Gasteiger partial charge in [-0.2, -0.15) is 0 Å². The predicted molar refractivity (Wildman–Crippen MR) is 57.1 cm³/mol. The van der Waals surface area contributed by atoms with Crippen LogP contribution in [0.4, 0.5) is 0 Å². The lowest BCUT2D eigenvalue weighted by Crippen LogP contribution is -2.50. The van der Waals surface area contributed by atoms with Crippen LogP contribution in [0.3, 0.4) is 0 Å². The molecule has 0 saturated carbocycles. The number of likely N-dealkylation sites (tertiary alicyclic amines) is 1. The van der Waals surface area contributed by atoms with E-state index >= 15 is 0 Å². The predicted octanol–water partition coefficient (Wildman–Crippen LogP) is -0.890. The van der Waals surface area contributed by atoms with Crippen molar-refractivity contribution in [2.75, 3.05) is 6.54 Å². The highest BCUT2D eigenvalue weighted by molar-refractivity contribution is 5.90. The lowest BCUT2D eigenvalue weighted by molar-refractivity contribution is -0.150. The smallest absolute Gasteiger partial charge is 0.326 e. The molecular weight excluding hydrogens is 228 g/mol. The van der Waals surface area contributed by atoms with Crippen molar-refractivity contribution >= 4 is 17.8 Å². The molecular formula is C10H16N2O5. The SMILES string of the molecule is CC1CCN(C(=O)C(N)CC(=O)O)C1C(=O)O. The standard InChI is InChI=1S/C10H16N2O5/c1-5-2-3-12(8(5)10(16)17)9(15)6(11)4-7(13)14/h5-6,8H,2-4,11H2,1H3,(H,13,14)(H,16,17). The fourth-order valence-corrected chi connectivity index (χ4v) is 2.06. The van der Waals surface area contributed by atoms with Crippen molar-refractivity contribution in [3.8, 4) is 0 Å². The van der Waals surface area contributed by atoms with Crippen molar-refractivity contribution in [3.05, 3.63) is 0 Å². The highest BCUT2D eigenvalue weighted by Gasteiger charge is 2.41. The van der Waals surface area contributed by atoms with E-state index in [1.165, 1.54) is 4.90 Å². The minimum atomic E-state index is -1.18. The molecule has 3 atom stereocenters. The Morgan fingerprint density at radius 3 is 2.47 bits per heavy atom. The van der Waals surface area contributed by atoms with Gasteiger partial charge in [-0.25, -0.2) is 4.79 Å². The van der Waals surface area contributed by atoms with Crippen molar-refractivity contribution in [2.45, 2.75) is 31.8 Å². The van der Waals surface area contributed by atoms with E-state index in [2.05, 4.69) is 0 Å². The van der Waals surface area contributed by atoms with Crippen LogP contribution in [0.15, 0.2) is 0 Å². The Labute approximate surface area is 98.2 Å². The van der Waals surface area contributed by atoms with Gasteiger partial charge in [0.1, 0.15) is 6.04 Å². The average Bonchev–Trinajstić information content (AvgIpc) is 2.57. The molecule has 0 radical (unpaired) electrons. The van der Waals surface area contributed by atoms with Crippen LogP contribution in [-0.4, -0.2) is 51.6 Å². The van der Waals surface area contributed by atoms with E-state index < -0.39 is 36.4 Å². The van der Waals surface area contributed by atoms with E-state index in [1.54, 1.807) is 6.92 Å². The maximum absolute atomic E-state index is 11.8. The number of rotatable bonds is 4. The Morgan fingerprint density at radius 2 is 2.00 bits per heavy atom. The van der Waals surface area contributed by atoms with Gasteiger partial charge in [-0.3, -0.25) is 9.59 Å². The van der Waals surface area contributed by atoms with E-state index in [9.17, 15) is 14.4 Å². The number of nitrogens with two attached hydrogens (primary N) is 1. The van der Waals surface area contributed by atoms with Crippen molar-refractivity contribution in [1.82, 2.24) is 4.90 Å². The van der Waals surface area contributed by atoms with Crippen molar-refractivity contribution in [3.63, 3.8) is 0 Å². The zero-order valence-corrected chi connectivity index (χ0v) is 9.50. The minimum absolute atomic E-state index is 0.145.